The van der Waals surface area contributed by atoms with Crippen molar-refractivity contribution in [2.75, 3.05) is 6.26 Å². The van der Waals surface area contributed by atoms with Crippen molar-refractivity contribution in [1.82, 2.24) is 4.98 Å². The highest BCUT2D eigenvalue weighted by atomic mass is 32.2. The Kier molecular flexibility index (Phi) is 3.71. The zero-order valence-corrected chi connectivity index (χ0v) is 12.1. The van der Waals surface area contributed by atoms with E-state index >= 15 is 0 Å². The van der Waals surface area contributed by atoms with Crippen LogP contribution in [-0.2, 0) is 9.84 Å². The highest BCUT2D eigenvalue weighted by molar-refractivity contribution is 7.90. The number of sulfone groups is 1. The lowest BCUT2D eigenvalue weighted by atomic mass is 10.0. The van der Waals surface area contributed by atoms with Gasteiger partial charge in [0.25, 0.3) is 0 Å². The molecule has 0 saturated carbocycles. The highest BCUT2D eigenvalue weighted by Crippen LogP contribution is 2.26. The number of benzene rings is 1. The van der Waals surface area contributed by atoms with Crippen molar-refractivity contribution >= 4 is 9.84 Å². The van der Waals surface area contributed by atoms with Crippen molar-refractivity contribution in [2.45, 2.75) is 19.1 Å². The van der Waals surface area contributed by atoms with Gasteiger partial charge >= 0.3 is 0 Å². The second-order valence-electron chi connectivity index (χ2n) is 4.78. The van der Waals surface area contributed by atoms with E-state index in [0.29, 0.717) is 0 Å². The third-order valence-corrected chi connectivity index (χ3v) is 4.93. The maximum atomic E-state index is 11.5. The molecule has 1 atom stereocenters. The van der Waals surface area contributed by atoms with Gasteiger partial charge in [-0.05, 0) is 36.6 Å². The van der Waals surface area contributed by atoms with Crippen LogP contribution < -0.4 is 0 Å². The predicted octanol–water partition coefficient (Wildman–Crippen LogP) is 3.16. The zero-order valence-electron chi connectivity index (χ0n) is 11.3. The Bertz CT molecular complexity index is 676. The number of nitrogens with zero attached hydrogens (tertiary/aromatic N) is 1. The molecular formula is C15H17NO2S. The number of aromatic nitrogens is 1. The van der Waals surface area contributed by atoms with Crippen molar-refractivity contribution in [3.8, 4) is 11.1 Å². The van der Waals surface area contributed by atoms with Gasteiger partial charge in [-0.1, -0.05) is 24.3 Å². The number of pyridine rings is 1. The first-order chi connectivity index (χ1) is 8.89. The molecule has 0 saturated heterocycles. The standard InChI is InChI=1S/C15H17NO2S/c1-11-8-9-16-10-15(11)14-6-4-13(5-7-14)12(2)19(3,17)18/h4-10,12H,1-3H3. The molecule has 0 aliphatic heterocycles. The van der Waals surface area contributed by atoms with Gasteiger partial charge < -0.3 is 0 Å². The number of hydrogen-bond acceptors (Lipinski definition) is 3. The Morgan fingerprint density at radius 3 is 2.26 bits per heavy atom. The summed E-state index contributed by atoms with van der Waals surface area (Å²) in [5.74, 6) is 0. The van der Waals surface area contributed by atoms with Crippen LogP contribution in [0, 0.1) is 6.92 Å². The minimum absolute atomic E-state index is 0.475. The molecule has 1 unspecified atom stereocenters. The number of rotatable bonds is 3. The van der Waals surface area contributed by atoms with E-state index in [2.05, 4.69) is 4.98 Å². The summed E-state index contributed by atoms with van der Waals surface area (Å²) >= 11 is 0. The van der Waals surface area contributed by atoms with Crippen LogP contribution in [0.1, 0.15) is 23.3 Å². The molecule has 0 bridgehead atoms. The third kappa shape index (κ3) is 3.01. The van der Waals surface area contributed by atoms with Gasteiger partial charge in [0.15, 0.2) is 9.84 Å². The normalized spacial score (nSPS) is 13.2. The van der Waals surface area contributed by atoms with E-state index in [1.54, 1.807) is 13.1 Å². The van der Waals surface area contributed by atoms with Crippen LogP contribution in [0.5, 0.6) is 0 Å². The molecule has 0 spiro atoms. The van der Waals surface area contributed by atoms with E-state index in [0.717, 1.165) is 22.3 Å². The average molecular weight is 275 g/mol. The molecule has 19 heavy (non-hydrogen) atoms. The maximum absolute atomic E-state index is 11.5. The van der Waals surface area contributed by atoms with Crippen LogP contribution in [0.4, 0.5) is 0 Å². The summed E-state index contributed by atoms with van der Waals surface area (Å²) in [5, 5.41) is -0.475. The Morgan fingerprint density at radius 1 is 1.11 bits per heavy atom. The van der Waals surface area contributed by atoms with Gasteiger partial charge in [-0.3, -0.25) is 4.98 Å². The Balaban J connectivity index is 2.37. The van der Waals surface area contributed by atoms with E-state index < -0.39 is 15.1 Å². The monoisotopic (exact) mass is 275 g/mol. The summed E-state index contributed by atoms with van der Waals surface area (Å²) in [5.41, 5.74) is 4.09. The van der Waals surface area contributed by atoms with Crippen molar-refractivity contribution in [1.29, 1.82) is 0 Å². The lowest BCUT2D eigenvalue weighted by Gasteiger charge is -2.11. The second-order valence-corrected chi connectivity index (χ2v) is 7.15. The average Bonchev–Trinajstić information content (AvgIpc) is 2.38. The minimum Gasteiger partial charge on any atom is -0.264 e. The van der Waals surface area contributed by atoms with Crippen molar-refractivity contribution in [2.24, 2.45) is 0 Å². The van der Waals surface area contributed by atoms with E-state index in [1.807, 2.05) is 43.5 Å². The van der Waals surface area contributed by atoms with Gasteiger partial charge in [0.05, 0.1) is 5.25 Å². The fraction of sp³-hybridized carbons (Fsp3) is 0.267. The lowest BCUT2D eigenvalue weighted by molar-refractivity contribution is 0.592. The molecule has 4 heteroatoms. The highest BCUT2D eigenvalue weighted by Gasteiger charge is 2.16. The van der Waals surface area contributed by atoms with E-state index in [1.165, 1.54) is 6.26 Å². The van der Waals surface area contributed by atoms with Crippen LogP contribution in [0.3, 0.4) is 0 Å². The summed E-state index contributed by atoms with van der Waals surface area (Å²) < 4.78 is 23.1. The fourth-order valence-electron chi connectivity index (χ4n) is 1.95. The molecule has 2 aromatic rings. The van der Waals surface area contributed by atoms with Crippen molar-refractivity contribution in [3.63, 3.8) is 0 Å². The van der Waals surface area contributed by atoms with Gasteiger partial charge in [0.1, 0.15) is 0 Å². The van der Waals surface area contributed by atoms with Gasteiger partial charge in [0, 0.05) is 24.2 Å². The molecule has 0 radical (unpaired) electrons. The topological polar surface area (TPSA) is 47.0 Å². The SMILES string of the molecule is Cc1ccncc1-c1ccc(C(C)S(C)(=O)=O)cc1. The first-order valence-corrected chi connectivity index (χ1v) is 8.05. The van der Waals surface area contributed by atoms with Crippen LogP contribution in [0.15, 0.2) is 42.7 Å². The number of aryl methyl sites for hydroxylation is 1. The lowest BCUT2D eigenvalue weighted by Crippen LogP contribution is -2.07. The molecule has 0 fully saturated rings. The quantitative estimate of drug-likeness (QED) is 0.864. The molecule has 2 rings (SSSR count). The first-order valence-electron chi connectivity index (χ1n) is 6.09. The molecule has 0 aliphatic carbocycles. The van der Waals surface area contributed by atoms with Crippen molar-refractivity contribution < 1.29 is 8.42 Å². The third-order valence-electron chi connectivity index (χ3n) is 3.37. The summed E-state index contributed by atoms with van der Waals surface area (Å²) in [6.45, 7) is 3.74. The first kappa shape index (κ1) is 13.7. The van der Waals surface area contributed by atoms with Gasteiger partial charge in [-0.25, -0.2) is 8.42 Å². The van der Waals surface area contributed by atoms with Crippen molar-refractivity contribution in [3.05, 3.63) is 53.9 Å². The van der Waals surface area contributed by atoms with Gasteiger partial charge in [-0.2, -0.15) is 0 Å². The summed E-state index contributed by atoms with van der Waals surface area (Å²) in [4.78, 5) is 4.12. The molecule has 3 nitrogen and oxygen atoms in total. The van der Waals surface area contributed by atoms with E-state index in [9.17, 15) is 8.42 Å². The summed E-state index contributed by atoms with van der Waals surface area (Å²) in [6.07, 6.45) is 4.85. The van der Waals surface area contributed by atoms with Crippen LogP contribution in [-0.4, -0.2) is 19.7 Å². The van der Waals surface area contributed by atoms with Crippen LogP contribution >= 0.6 is 0 Å². The Labute approximate surface area is 114 Å². The molecule has 1 aromatic carbocycles. The molecular weight excluding hydrogens is 258 g/mol. The predicted molar refractivity (Wildman–Crippen MR) is 77.7 cm³/mol. The molecule has 0 aliphatic rings. The zero-order chi connectivity index (χ0) is 14.0. The molecule has 0 N–H and O–H groups in total. The molecule has 100 valence electrons. The smallest absolute Gasteiger partial charge is 0.154 e. The Hall–Kier alpha value is -1.68. The fourth-order valence-corrected chi connectivity index (χ4v) is 2.60. The van der Waals surface area contributed by atoms with Crippen LogP contribution in [0.25, 0.3) is 11.1 Å². The second kappa shape index (κ2) is 5.13. The van der Waals surface area contributed by atoms with E-state index in [4.69, 9.17) is 0 Å². The summed E-state index contributed by atoms with van der Waals surface area (Å²) in [6, 6.07) is 9.59. The summed E-state index contributed by atoms with van der Waals surface area (Å²) in [7, 11) is -3.05. The minimum atomic E-state index is -3.05. The maximum Gasteiger partial charge on any atom is 0.154 e. The largest absolute Gasteiger partial charge is 0.264 e. The van der Waals surface area contributed by atoms with E-state index in [-0.39, 0.29) is 0 Å². The number of hydrogen-bond donors (Lipinski definition) is 0. The Morgan fingerprint density at radius 2 is 1.74 bits per heavy atom. The van der Waals surface area contributed by atoms with Gasteiger partial charge in [-0.15, -0.1) is 0 Å². The van der Waals surface area contributed by atoms with Crippen LogP contribution in [0.2, 0.25) is 0 Å². The molecule has 0 amide bonds. The van der Waals surface area contributed by atoms with Gasteiger partial charge in [0.2, 0.25) is 0 Å². The molecule has 1 aromatic heterocycles. The molecule has 1 heterocycles.